The van der Waals surface area contributed by atoms with Gasteiger partial charge >= 0.3 is 0 Å². The zero-order valence-electron chi connectivity index (χ0n) is 13.3. The van der Waals surface area contributed by atoms with Crippen LogP contribution in [0.1, 0.15) is 15.9 Å². The SMILES string of the molecule is O=C(CSc1nnnn1Cc1ccccc1)c1c[nH]c2ccccc12. The Kier molecular flexibility index (Phi) is 4.30. The number of Topliss-reactive ketones (excluding diaryl/α,β-unsaturated/α-hetero) is 1. The zero-order chi connectivity index (χ0) is 17.1. The summed E-state index contributed by atoms with van der Waals surface area (Å²) in [4.78, 5) is 15.7. The minimum Gasteiger partial charge on any atom is -0.360 e. The van der Waals surface area contributed by atoms with Gasteiger partial charge in [0.25, 0.3) is 0 Å². The van der Waals surface area contributed by atoms with Crippen molar-refractivity contribution in [2.75, 3.05) is 5.75 Å². The molecule has 0 amide bonds. The molecule has 4 aromatic rings. The number of benzene rings is 2. The van der Waals surface area contributed by atoms with Gasteiger partial charge in [-0.05, 0) is 22.1 Å². The molecule has 0 spiro atoms. The van der Waals surface area contributed by atoms with E-state index in [0.717, 1.165) is 16.5 Å². The van der Waals surface area contributed by atoms with Crippen molar-refractivity contribution in [1.29, 1.82) is 0 Å². The normalized spacial score (nSPS) is 11.0. The van der Waals surface area contributed by atoms with Crippen LogP contribution in [0.25, 0.3) is 10.9 Å². The highest BCUT2D eigenvalue weighted by molar-refractivity contribution is 7.99. The Labute approximate surface area is 148 Å². The molecule has 0 atom stereocenters. The number of fused-ring (bicyclic) bond motifs is 1. The molecule has 0 unspecified atom stereocenters. The molecule has 25 heavy (non-hydrogen) atoms. The number of tetrazole rings is 1. The lowest BCUT2D eigenvalue weighted by molar-refractivity contribution is 0.102. The molecule has 7 heteroatoms. The van der Waals surface area contributed by atoms with Gasteiger partial charge in [-0.1, -0.05) is 60.3 Å². The number of nitrogens with one attached hydrogen (secondary N) is 1. The fourth-order valence-corrected chi connectivity index (χ4v) is 3.43. The van der Waals surface area contributed by atoms with Gasteiger partial charge in [-0.25, -0.2) is 4.68 Å². The van der Waals surface area contributed by atoms with Crippen LogP contribution in [-0.4, -0.2) is 36.7 Å². The molecule has 0 bridgehead atoms. The highest BCUT2D eigenvalue weighted by atomic mass is 32.2. The summed E-state index contributed by atoms with van der Waals surface area (Å²) < 4.78 is 1.71. The summed E-state index contributed by atoms with van der Waals surface area (Å²) in [6, 6.07) is 17.8. The van der Waals surface area contributed by atoms with Gasteiger partial charge in [-0.15, -0.1) is 5.10 Å². The Bertz CT molecular complexity index is 1010. The van der Waals surface area contributed by atoms with E-state index in [1.165, 1.54) is 11.8 Å². The molecule has 6 nitrogen and oxygen atoms in total. The molecule has 2 aromatic carbocycles. The fraction of sp³-hybridized carbons (Fsp3) is 0.111. The molecule has 1 N–H and O–H groups in total. The second-order valence-electron chi connectivity index (χ2n) is 5.56. The standard InChI is InChI=1S/C18H15N5OS/c24-17(15-10-19-16-9-5-4-8-14(15)16)12-25-18-20-21-22-23(18)11-13-6-2-1-3-7-13/h1-10,19H,11-12H2. The van der Waals surface area contributed by atoms with Gasteiger partial charge in [0.15, 0.2) is 5.78 Å². The molecule has 0 radical (unpaired) electrons. The maximum atomic E-state index is 12.6. The molecular weight excluding hydrogens is 334 g/mol. The summed E-state index contributed by atoms with van der Waals surface area (Å²) >= 11 is 1.35. The Morgan fingerprint density at radius 2 is 1.88 bits per heavy atom. The van der Waals surface area contributed by atoms with Crippen LogP contribution >= 0.6 is 11.8 Å². The van der Waals surface area contributed by atoms with Crippen molar-refractivity contribution in [3.05, 3.63) is 71.9 Å². The third kappa shape index (κ3) is 3.32. The van der Waals surface area contributed by atoms with Crippen molar-refractivity contribution in [2.45, 2.75) is 11.7 Å². The van der Waals surface area contributed by atoms with E-state index >= 15 is 0 Å². The number of hydrogen-bond acceptors (Lipinski definition) is 5. The molecule has 2 aromatic heterocycles. The van der Waals surface area contributed by atoms with Crippen LogP contribution in [-0.2, 0) is 6.54 Å². The Balaban J connectivity index is 1.47. The monoisotopic (exact) mass is 349 g/mol. The molecule has 0 aliphatic heterocycles. The van der Waals surface area contributed by atoms with Crippen molar-refractivity contribution < 1.29 is 4.79 Å². The average Bonchev–Trinajstić information content (AvgIpc) is 3.27. The van der Waals surface area contributed by atoms with Crippen LogP contribution in [0.5, 0.6) is 0 Å². The number of hydrogen-bond donors (Lipinski definition) is 1. The van der Waals surface area contributed by atoms with Crippen molar-refractivity contribution in [3.8, 4) is 0 Å². The first kappa shape index (κ1) is 15.6. The van der Waals surface area contributed by atoms with Gasteiger partial charge in [0.1, 0.15) is 0 Å². The number of nitrogens with zero attached hydrogens (tertiary/aromatic N) is 4. The van der Waals surface area contributed by atoms with Gasteiger partial charge in [0, 0.05) is 22.7 Å². The largest absolute Gasteiger partial charge is 0.360 e. The first-order valence-corrected chi connectivity index (χ1v) is 8.82. The Morgan fingerprint density at radius 3 is 2.76 bits per heavy atom. The smallest absolute Gasteiger partial charge is 0.210 e. The van der Waals surface area contributed by atoms with Crippen LogP contribution in [0.15, 0.2) is 66.0 Å². The van der Waals surface area contributed by atoms with Gasteiger partial charge in [0.05, 0.1) is 12.3 Å². The topological polar surface area (TPSA) is 76.5 Å². The first-order chi connectivity index (χ1) is 12.3. The van der Waals surface area contributed by atoms with E-state index in [4.69, 9.17) is 0 Å². The van der Waals surface area contributed by atoms with E-state index < -0.39 is 0 Å². The summed E-state index contributed by atoms with van der Waals surface area (Å²) in [7, 11) is 0. The summed E-state index contributed by atoms with van der Waals surface area (Å²) in [5, 5.41) is 13.4. The van der Waals surface area contributed by atoms with Crippen LogP contribution in [0.3, 0.4) is 0 Å². The van der Waals surface area contributed by atoms with E-state index in [1.807, 2.05) is 54.6 Å². The number of rotatable bonds is 6. The third-order valence-electron chi connectivity index (χ3n) is 3.90. The number of ketones is 1. The average molecular weight is 349 g/mol. The second kappa shape index (κ2) is 6.90. The van der Waals surface area contributed by atoms with E-state index in [9.17, 15) is 4.79 Å². The van der Waals surface area contributed by atoms with Crippen LogP contribution in [0.2, 0.25) is 0 Å². The predicted molar refractivity (Wildman–Crippen MR) is 96.7 cm³/mol. The molecule has 0 saturated heterocycles. The van der Waals surface area contributed by atoms with Gasteiger partial charge < -0.3 is 4.98 Å². The summed E-state index contributed by atoms with van der Waals surface area (Å²) in [5.74, 6) is 0.341. The first-order valence-electron chi connectivity index (χ1n) is 7.83. The molecule has 124 valence electrons. The van der Waals surface area contributed by atoms with Crippen molar-refractivity contribution in [1.82, 2.24) is 25.2 Å². The van der Waals surface area contributed by atoms with E-state index in [-0.39, 0.29) is 11.5 Å². The minimum atomic E-state index is 0.0525. The van der Waals surface area contributed by atoms with E-state index in [2.05, 4.69) is 20.5 Å². The molecule has 2 heterocycles. The highest BCUT2D eigenvalue weighted by Crippen LogP contribution is 2.22. The van der Waals surface area contributed by atoms with Crippen molar-refractivity contribution in [2.24, 2.45) is 0 Å². The molecule has 0 aliphatic carbocycles. The summed E-state index contributed by atoms with van der Waals surface area (Å²) in [5.41, 5.74) is 2.77. The Hall–Kier alpha value is -2.93. The maximum absolute atomic E-state index is 12.6. The number of aromatic nitrogens is 5. The van der Waals surface area contributed by atoms with Crippen molar-refractivity contribution >= 4 is 28.4 Å². The lowest BCUT2D eigenvalue weighted by atomic mass is 10.1. The molecule has 0 fully saturated rings. The fourth-order valence-electron chi connectivity index (χ4n) is 2.67. The lowest BCUT2D eigenvalue weighted by Gasteiger charge is -2.04. The molecular formula is C18H15N5OS. The molecule has 0 saturated carbocycles. The number of H-pyrrole nitrogens is 1. The van der Waals surface area contributed by atoms with Gasteiger partial charge in [0.2, 0.25) is 5.16 Å². The lowest BCUT2D eigenvalue weighted by Crippen LogP contribution is -2.06. The van der Waals surface area contributed by atoms with Crippen LogP contribution in [0.4, 0.5) is 0 Å². The number of carbonyl (C=O) groups excluding carboxylic acids is 1. The van der Waals surface area contributed by atoms with Crippen LogP contribution < -0.4 is 0 Å². The zero-order valence-corrected chi connectivity index (χ0v) is 14.1. The Morgan fingerprint density at radius 1 is 1.08 bits per heavy atom. The number of aromatic amines is 1. The van der Waals surface area contributed by atoms with E-state index in [0.29, 0.717) is 17.3 Å². The van der Waals surface area contributed by atoms with Gasteiger partial charge in [-0.2, -0.15) is 0 Å². The number of para-hydroxylation sites is 1. The van der Waals surface area contributed by atoms with Crippen molar-refractivity contribution in [3.63, 3.8) is 0 Å². The minimum absolute atomic E-state index is 0.0525. The van der Waals surface area contributed by atoms with Gasteiger partial charge in [-0.3, -0.25) is 4.79 Å². The number of thioether (sulfide) groups is 1. The highest BCUT2D eigenvalue weighted by Gasteiger charge is 2.15. The van der Waals surface area contributed by atoms with E-state index in [1.54, 1.807) is 10.9 Å². The second-order valence-corrected chi connectivity index (χ2v) is 6.51. The quantitative estimate of drug-likeness (QED) is 0.427. The summed E-state index contributed by atoms with van der Waals surface area (Å²) in [6.07, 6.45) is 1.76. The predicted octanol–water partition coefficient (Wildman–Crippen LogP) is 3.18. The number of carbonyl (C=O) groups is 1. The maximum Gasteiger partial charge on any atom is 0.210 e. The summed E-state index contributed by atoms with van der Waals surface area (Å²) in [6.45, 7) is 0.581. The molecule has 0 aliphatic rings. The van der Waals surface area contributed by atoms with Crippen LogP contribution in [0, 0.1) is 0 Å². The molecule has 4 rings (SSSR count). The third-order valence-corrected chi connectivity index (χ3v) is 4.85.